The molecule has 2 aromatic carbocycles. The van der Waals surface area contributed by atoms with Crippen molar-refractivity contribution in [1.29, 1.82) is 0 Å². The largest absolute Gasteiger partial charge is 0.493 e. The highest BCUT2D eigenvalue weighted by molar-refractivity contribution is 6.00. The molecule has 1 fully saturated rings. The zero-order chi connectivity index (χ0) is 24.0. The molecule has 1 aliphatic heterocycles. The summed E-state index contributed by atoms with van der Waals surface area (Å²) in [5.41, 5.74) is 2.65. The molecule has 33 heavy (non-hydrogen) atoms. The summed E-state index contributed by atoms with van der Waals surface area (Å²) in [5, 5.41) is 5.85. The van der Waals surface area contributed by atoms with Crippen molar-refractivity contribution in [2.75, 3.05) is 23.4 Å². The number of amides is 3. The number of anilines is 2. The second-order valence-corrected chi connectivity index (χ2v) is 8.58. The second kappa shape index (κ2) is 11.0. The minimum atomic E-state index is -0.300. The lowest BCUT2D eigenvalue weighted by Crippen LogP contribution is -2.35. The van der Waals surface area contributed by atoms with Crippen molar-refractivity contribution >= 4 is 29.1 Å². The van der Waals surface area contributed by atoms with Gasteiger partial charge in [-0.15, -0.1) is 0 Å². The molecule has 1 heterocycles. The van der Waals surface area contributed by atoms with Gasteiger partial charge in [-0.3, -0.25) is 14.4 Å². The zero-order valence-electron chi connectivity index (χ0n) is 19.8. The van der Waals surface area contributed by atoms with Crippen molar-refractivity contribution in [2.24, 2.45) is 5.92 Å². The minimum Gasteiger partial charge on any atom is -0.493 e. The third-order valence-electron chi connectivity index (χ3n) is 5.67. The van der Waals surface area contributed by atoms with E-state index < -0.39 is 0 Å². The molecular weight excluding hydrogens is 418 g/mol. The SMILES string of the molecule is CCOc1ccc(NC(=O)C(C)C)cc1C(=O)NC(C)c1cccc(N2CCCCC2=O)c1. The quantitative estimate of drug-likeness (QED) is 0.610. The summed E-state index contributed by atoms with van der Waals surface area (Å²) in [7, 11) is 0. The van der Waals surface area contributed by atoms with Crippen LogP contribution in [0.25, 0.3) is 0 Å². The Morgan fingerprint density at radius 3 is 2.58 bits per heavy atom. The first-order valence-electron chi connectivity index (χ1n) is 11.6. The Morgan fingerprint density at radius 1 is 1.09 bits per heavy atom. The molecule has 0 radical (unpaired) electrons. The third kappa shape index (κ3) is 6.12. The van der Waals surface area contributed by atoms with Crippen molar-refractivity contribution in [3.8, 4) is 5.75 Å². The molecular formula is C26H33N3O4. The van der Waals surface area contributed by atoms with Gasteiger partial charge in [0.05, 0.1) is 18.2 Å². The van der Waals surface area contributed by atoms with Crippen molar-refractivity contribution < 1.29 is 19.1 Å². The highest BCUT2D eigenvalue weighted by Crippen LogP contribution is 2.27. The number of nitrogens with zero attached hydrogens (tertiary/aromatic N) is 1. The molecule has 0 saturated carbocycles. The molecule has 1 aliphatic rings. The van der Waals surface area contributed by atoms with Crippen molar-refractivity contribution in [1.82, 2.24) is 5.32 Å². The predicted octanol–water partition coefficient (Wildman–Crippen LogP) is 4.69. The van der Waals surface area contributed by atoms with Crippen molar-refractivity contribution in [3.63, 3.8) is 0 Å². The van der Waals surface area contributed by atoms with Crippen LogP contribution in [0.2, 0.25) is 0 Å². The molecule has 0 aliphatic carbocycles. The number of rotatable bonds is 8. The van der Waals surface area contributed by atoms with E-state index in [1.165, 1.54) is 0 Å². The van der Waals surface area contributed by atoms with Crippen LogP contribution in [0.15, 0.2) is 42.5 Å². The predicted molar refractivity (Wildman–Crippen MR) is 130 cm³/mol. The maximum absolute atomic E-state index is 13.2. The van der Waals surface area contributed by atoms with Crippen molar-refractivity contribution in [3.05, 3.63) is 53.6 Å². The molecule has 0 spiro atoms. The highest BCUT2D eigenvalue weighted by Gasteiger charge is 2.21. The molecule has 1 saturated heterocycles. The van der Waals surface area contributed by atoms with Crippen LogP contribution in [0.1, 0.15) is 68.9 Å². The van der Waals surface area contributed by atoms with E-state index in [1.54, 1.807) is 18.2 Å². The van der Waals surface area contributed by atoms with Crippen LogP contribution in [-0.4, -0.2) is 30.9 Å². The van der Waals surface area contributed by atoms with Gasteiger partial charge in [-0.1, -0.05) is 26.0 Å². The molecule has 3 rings (SSSR count). The Bertz CT molecular complexity index is 1020. The number of hydrogen-bond acceptors (Lipinski definition) is 4. The second-order valence-electron chi connectivity index (χ2n) is 8.58. The van der Waals surface area contributed by atoms with Crippen LogP contribution in [0, 0.1) is 5.92 Å². The molecule has 1 unspecified atom stereocenters. The number of piperidine rings is 1. The van der Waals surface area contributed by atoms with Gasteiger partial charge >= 0.3 is 0 Å². The summed E-state index contributed by atoms with van der Waals surface area (Å²) in [6, 6.07) is 12.5. The van der Waals surface area contributed by atoms with E-state index in [0.29, 0.717) is 30.0 Å². The number of nitrogens with one attached hydrogen (secondary N) is 2. The van der Waals surface area contributed by atoms with Gasteiger partial charge in [-0.2, -0.15) is 0 Å². The summed E-state index contributed by atoms with van der Waals surface area (Å²) >= 11 is 0. The van der Waals surface area contributed by atoms with E-state index in [1.807, 2.05) is 56.9 Å². The summed E-state index contributed by atoms with van der Waals surface area (Å²) in [6.07, 6.45) is 2.49. The monoisotopic (exact) mass is 451 g/mol. The minimum absolute atomic E-state index is 0.122. The first-order valence-corrected chi connectivity index (χ1v) is 11.6. The Balaban J connectivity index is 1.79. The van der Waals surface area contributed by atoms with Gasteiger partial charge < -0.3 is 20.3 Å². The molecule has 0 aromatic heterocycles. The summed E-state index contributed by atoms with van der Waals surface area (Å²) in [5.74, 6) is -0.00366. The van der Waals surface area contributed by atoms with Crippen LogP contribution in [0.3, 0.4) is 0 Å². The van der Waals surface area contributed by atoms with Crippen LogP contribution < -0.4 is 20.3 Å². The zero-order valence-corrected chi connectivity index (χ0v) is 19.8. The highest BCUT2D eigenvalue weighted by atomic mass is 16.5. The van der Waals surface area contributed by atoms with Gasteiger partial charge in [0.25, 0.3) is 5.91 Å². The lowest BCUT2D eigenvalue weighted by Gasteiger charge is -2.27. The summed E-state index contributed by atoms with van der Waals surface area (Å²) in [6.45, 7) is 8.51. The topological polar surface area (TPSA) is 87.7 Å². The molecule has 7 heteroatoms. The van der Waals surface area contributed by atoms with Gasteiger partial charge in [0.2, 0.25) is 11.8 Å². The van der Waals surface area contributed by atoms with Crippen LogP contribution >= 0.6 is 0 Å². The molecule has 7 nitrogen and oxygen atoms in total. The normalized spacial score (nSPS) is 14.7. The molecule has 2 aromatic rings. The van der Waals surface area contributed by atoms with E-state index >= 15 is 0 Å². The lowest BCUT2D eigenvalue weighted by molar-refractivity contribution is -0.120. The maximum atomic E-state index is 13.2. The van der Waals surface area contributed by atoms with Gasteiger partial charge in [-0.25, -0.2) is 0 Å². The Kier molecular flexibility index (Phi) is 8.09. The number of benzene rings is 2. The number of hydrogen-bond donors (Lipinski definition) is 2. The van der Waals surface area contributed by atoms with Crippen LogP contribution in [0.5, 0.6) is 5.75 Å². The number of ether oxygens (including phenoxy) is 1. The third-order valence-corrected chi connectivity index (χ3v) is 5.67. The van der Waals surface area contributed by atoms with E-state index in [4.69, 9.17) is 4.74 Å². The first-order chi connectivity index (χ1) is 15.8. The average molecular weight is 452 g/mol. The fourth-order valence-electron chi connectivity index (χ4n) is 3.75. The summed E-state index contributed by atoms with van der Waals surface area (Å²) < 4.78 is 5.65. The standard InChI is InChI=1S/C26H33N3O4/c1-5-33-23-13-12-20(28-25(31)17(2)3)16-22(23)26(32)27-18(4)19-9-8-10-21(15-19)29-14-7-6-11-24(29)30/h8-10,12-13,15-18H,5-7,11,14H2,1-4H3,(H,27,32)(H,28,31). The van der Waals surface area contributed by atoms with Gasteiger partial charge in [-0.05, 0) is 62.6 Å². The smallest absolute Gasteiger partial charge is 0.255 e. The maximum Gasteiger partial charge on any atom is 0.255 e. The molecule has 1 atom stereocenters. The van der Waals surface area contributed by atoms with Gasteiger partial charge in [0, 0.05) is 30.3 Å². The van der Waals surface area contributed by atoms with E-state index in [2.05, 4.69) is 10.6 Å². The van der Waals surface area contributed by atoms with Crippen molar-refractivity contribution in [2.45, 2.75) is 53.0 Å². The molecule has 176 valence electrons. The fourth-order valence-corrected chi connectivity index (χ4v) is 3.75. The Morgan fingerprint density at radius 2 is 1.88 bits per heavy atom. The average Bonchev–Trinajstić information content (AvgIpc) is 2.80. The summed E-state index contributed by atoms with van der Waals surface area (Å²) in [4.78, 5) is 39.4. The number of carbonyl (C=O) groups is 3. The number of carbonyl (C=O) groups excluding carboxylic acids is 3. The lowest BCUT2D eigenvalue weighted by atomic mass is 10.0. The molecule has 0 bridgehead atoms. The fraction of sp³-hybridized carbons (Fsp3) is 0.423. The first kappa shape index (κ1) is 24.3. The Hall–Kier alpha value is -3.35. The van der Waals surface area contributed by atoms with E-state index in [-0.39, 0.29) is 29.7 Å². The van der Waals surface area contributed by atoms with E-state index in [9.17, 15) is 14.4 Å². The molecule has 2 N–H and O–H groups in total. The van der Waals surface area contributed by atoms with Gasteiger partial charge in [0.15, 0.2) is 0 Å². The van der Waals surface area contributed by atoms with Gasteiger partial charge in [0.1, 0.15) is 5.75 Å². The van der Waals surface area contributed by atoms with Crippen LogP contribution in [0.4, 0.5) is 11.4 Å². The molecule has 3 amide bonds. The van der Waals surface area contributed by atoms with E-state index in [0.717, 1.165) is 30.6 Å². The van der Waals surface area contributed by atoms with Crippen LogP contribution in [-0.2, 0) is 9.59 Å². The Labute approximate surface area is 195 Å².